The van der Waals surface area contributed by atoms with E-state index >= 15 is 0 Å². The molecule has 0 aliphatic rings. The van der Waals surface area contributed by atoms with E-state index in [9.17, 15) is 5.26 Å². The molecule has 96 valence electrons. The van der Waals surface area contributed by atoms with Gasteiger partial charge in [-0.3, -0.25) is 0 Å². The molecule has 0 fully saturated rings. The summed E-state index contributed by atoms with van der Waals surface area (Å²) in [5.74, 6) is 0. The van der Waals surface area contributed by atoms with Crippen molar-refractivity contribution in [2.24, 2.45) is 0 Å². The summed E-state index contributed by atoms with van der Waals surface area (Å²) in [4.78, 5) is 2.17. The maximum atomic E-state index is 9.35. The summed E-state index contributed by atoms with van der Waals surface area (Å²) in [6, 6.07) is 16.3. The fourth-order valence-corrected chi connectivity index (χ4v) is 2.63. The second-order valence-corrected chi connectivity index (χ2v) is 5.13. The molecule has 3 heteroatoms. The molecule has 2 aromatic rings. The smallest absolute Gasteiger partial charge is 0.103 e. The van der Waals surface area contributed by atoms with Gasteiger partial charge >= 0.3 is 0 Å². The van der Waals surface area contributed by atoms with Gasteiger partial charge in [-0.2, -0.15) is 5.26 Å². The zero-order valence-electron chi connectivity index (χ0n) is 11.0. The van der Waals surface area contributed by atoms with E-state index in [2.05, 4.69) is 52.9 Å². The molecular formula is C16H15BrN2. The summed E-state index contributed by atoms with van der Waals surface area (Å²) in [5.41, 5.74) is 3.95. The van der Waals surface area contributed by atoms with Gasteiger partial charge in [0.05, 0.1) is 11.3 Å². The topological polar surface area (TPSA) is 27.0 Å². The fraction of sp³-hybridized carbons (Fsp3) is 0.188. The molecule has 0 aliphatic heterocycles. The van der Waals surface area contributed by atoms with Crippen LogP contribution in [0.15, 0.2) is 46.9 Å². The highest BCUT2D eigenvalue weighted by molar-refractivity contribution is 9.10. The van der Waals surface area contributed by atoms with Crippen molar-refractivity contribution in [3.8, 4) is 6.07 Å². The SMILES string of the molecule is CCN(c1ccccc1C)c1cccc(Br)c1C#N. The third-order valence-electron chi connectivity index (χ3n) is 3.12. The Balaban J connectivity index is 2.59. The average Bonchev–Trinajstić information content (AvgIpc) is 2.42. The summed E-state index contributed by atoms with van der Waals surface area (Å²) < 4.78 is 0.833. The lowest BCUT2D eigenvalue weighted by Gasteiger charge is -2.26. The van der Waals surface area contributed by atoms with Crippen molar-refractivity contribution in [2.75, 3.05) is 11.4 Å². The van der Waals surface area contributed by atoms with Gasteiger partial charge in [0.15, 0.2) is 0 Å². The van der Waals surface area contributed by atoms with Crippen molar-refractivity contribution in [1.82, 2.24) is 0 Å². The summed E-state index contributed by atoms with van der Waals surface area (Å²) in [7, 11) is 0. The Labute approximate surface area is 122 Å². The van der Waals surface area contributed by atoms with Gasteiger partial charge in [0.2, 0.25) is 0 Å². The van der Waals surface area contributed by atoms with Crippen LogP contribution in [-0.2, 0) is 0 Å². The second kappa shape index (κ2) is 5.90. The number of halogens is 1. The molecule has 0 amide bonds. The molecule has 0 heterocycles. The number of benzene rings is 2. The predicted molar refractivity (Wildman–Crippen MR) is 82.7 cm³/mol. The molecule has 2 rings (SSSR count). The first-order valence-electron chi connectivity index (χ1n) is 6.20. The van der Waals surface area contributed by atoms with Crippen molar-refractivity contribution in [1.29, 1.82) is 5.26 Å². The molecule has 0 saturated heterocycles. The molecule has 0 spiro atoms. The van der Waals surface area contributed by atoms with Crippen LogP contribution in [0.1, 0.15) is 18.1 Å². The molecule has 0 aromatic heterocycles. The zero-order valence-corrected chi connectivity index (χ0v) is 12.6. The van der Waals surface area contributed by atoms with Crippen LogP contribution in [0, 0.1) is 18.3 Å². The van der Waals surface area contributed by atoms with Crippen LogP contribution in [-0.4, -0.2) is 6.54 Å². The van der Waals surface area contributed by atoms with E-state index in [-0.39, 0.29) is 0 Å². The molecule has 0 atom stereocenters. The van der Waals surface area contributed by atoms with Gasteiger partial charge in [-0.05, 0) is 53.5 Å². The number of rotatable bonds is 3. The summed E-state index contributed by atoms with van der Waals surface area (Å²) in [6.07, 6.45) is 0. The average molecular weight is 315 g/mol. The van der Waals surface area contributed by atoms with Crippen LogP contribution in [0.2, 0.25) is 0 Å². The number of nitriles is 1. The van der Waals surface area contributed by atoms with Crippen molar-refractivity contribution < 1.29 is 0 Å². The monoisotopic (exact) mass is 314 g/mol. The Morgan fingerprint density at radius 2 is 1.79 bits per heavy atom. The van der Waals surface area contributed by atoms with E-state index in [0.29, 0.717) is 5.56 Å². The van der Waals surface area contributed by atoms with Crippen LogP contribution in [0.3, 0.4) is 0 Å². The highest BCUT2D eigenvalue weighted by Crippen LogP contribution is 2.33. The predicted octanol–water partition coefficient (Wildman–Crippen LogP) is 4.79. The molecule has 2 aromatic carbocycles. The third-order valence-corrected chi connectivity index (χ3v) is 3.78. The van der Waals surface area contributed by atoms with E-state index in [4.69, 9.17) is 0 Å². The lowest BCUT2D eigenvalue weighted by atomic mass is 10.1. The van der Waals surface area contributed by atoms with Crippen LogP contribution >= 0.6 is 15.9 Å². The van der Waals surface area contributed by atoms with Gasteiger partial charge in [0.1, 0.15) is 6.07 Å². The van der Waals surface area contributed by atoms with Crippen LogP contribution < -0.4 is 4.90 Å². The van der Waals surface area contributed by atoms with Gasteiger partial charge in [-0.25, -0.2) is 0 Å². The van der Waals surface area contributed by atoms with E-state index in [1.54, 1.807) is 0 Å². The summed E-state index contributed by atoms with van der Waals surface area (Å²) in [6.45, 7) is 4.99. The second-order valence-electron chi connectivity index (χ2n) is 4.28. The van der Waals surface area contributed by atoms with Gasteiger partial charge in [0.25, 0.3) is 0 Å². The molecule has 0 saturated carbocycles. The number of nitrogens with zero attached hydrogens (tertiary/aromatic N) is 2. The van der Waals surface area contributed by atoms with Crippen molar-refractivity contribution in [3.05, 3.63) is 58.1 Å². The van der Waals surface area contributed by atoms with Crippen molar-refractivity contribution >= 4 is 27.3 Å². The number of hydrogen-bond acceptors (Lipinski definition) is 2. The normalized spacial score (nSPS) is 10.0. The summed E-state index contributed by atoms with van der Waals surface area (Å²) in [5, 5.41) is 9.35. The first-order valence-corrected chi connectivity index (χ1v) is 7.00. The number of para-hydroxylation sites is 1. The largest absolute Gasteiger partial charge is 0.340 e. The van der Waals surface area contributed by atoms with Gasteiger partial charge in [0, 0.05) is 16.7 Å². The first kappa shape index (κ1) is 13.6. The minimum Gasteiger partial charge on any atom is -0.340 e. The Kier molecular flexibility index (Phi) is 4.24. The fourth-order valence-electron chi connectivity index (χ4n) is 2.19. The molecule has 0 radical (unpaired) electrons. The molecule has 0 N–H and O–H groups in total. The van der Waals surface area contributed by atoms with E-state index in [0.717, 1.165) is 22.4 Å². The standard InChI is InChI=1S/C16H15BrN2/c1-3-19(15-9-5-4-7-12(15)2)16-10-6-8-14(17)13(16)11-18/h4-10H,3H2,1-2H3. The van der Waals surface area contributed by atoms with E-state index in [1.807, 2.05) is 30.3 Å². The number of anilines is 2. The van der Waals surface area contributed by atoms with Crippen molar-refractivity contribution in [3.63, 3.8) is 0 Å². The Morgan fingerprint density at radius 3 is 2.42 bits per heavy atom. The maximum Gasteiger partial charge on any atom is 0.103 e. The minimum absolute atomic E-state index is 0.674. The maximum absolute atomic E-state index is 9.35. The molecule has 2 nitrogen and oxygen atoms in total. The zero-order chi connectivity index (χ0) is 13.8. The van der Waals surface area contributed by atoms with Crippen LogP contribution in [0.4, 0.5) is 11.4 Å². The number of hydrogen-bond donors (Lipinski definition) is 0. The quantitative estimate of drug-likeness (QED) is 0.814. The first-order chi connectivity index (χ1) is 9.19. The summed E-state index contributed by atoms with van der Waals surface area (Å²) >= 11 is 3.45. The van der Waals surface area contributed by atoms with Crippen LogP contribution in [0.25, 0.3) is 0 Å². The molecule has 0 unspecified atom stereocenters. The Bertz CT molecular complexity index is 629. The van der Waals surface area contributed by atoms with Gasteiger partial charge < -0.3 is 4.90 Å². The van der Waals surface area contributed by atoms with Crippen molar-refractivity contribution in [2.45, 2.75) is 13.8 Å². The number of aryl methyl sites for hydroxylation is 1. The highest BCUT2D eigenvalue weighted by Gasteiger charge is 2.15. The van der Waals surface area contributed by atoms with E-state index in [1.165, 1.54) is 5.56 Å². The lowest BCUT2D eigenvalue weighted by molar-refractivity contribution is 1.01. The minimum atomic E-state index is 0.674. The van der Waals surface area contributed by atoms with Crippen LogP contribution in [0.5, 0.6) is 0 Å². The third kappa shape index (κ3) is 2.64. The molecule has 19 heavy (non-hydrogen) atoms. The molecule has 0 aliphatic carbocycles. The van der Waals surface area contributed by atoms with E-state index < -0.39 is 0 Å². The molecular weight excluding hydrogens is 300 g/mol. The highest BCUT2D eigenvalue weighted by atomic mass is 79.9. The Morgan fingerprint density at radius 1 is 1.11 bits per heavy atom. The lowest BCUT2D eigenvalue weighted by Crippen LogP contribution is -2.18. The van der Waals surface area contributed by atoms with Gasteiger partial charge in [-0.1, -0.05) is 24.3 Å². The molecule has 0 bridgehead atoms. The van der Waals surface area contributed by atoms with Gasteiger partial charge in [-0.15, -0.1) is 0 Å². The Hall–Kier alpha value is -1.79.